The van der Waals surface area contributed by atoms with Crippen LogP contribution in [0.2, 0.25) is 0 Å². The van der Waals surface area contributed by atoms with Crippen molar-refractivity contribution in [3.63, 3.8) is 0 Å². The third kappa shape index (κ3) is 8.60. The molecule has 2 amide bonds. The second-order valence-electron chi connectivity index (χ2n) is 16.5. The van der Waals surface area contributed by atoms with Crippen molar-refractivity contribution < 1.29 is 36.6 Å². The lowest BCUT2D eigenvalue weighted by molar-refractivity contribution is -0.117. The van der Waals surface area contributed by atoms with Crippen LogP contribution >= 0.6 is 11.3 Å². The van der Waals surface area contributed by atoms with E-state index < -0.39 is 48.8 Å². The van der Waals surface area contributed by atoms with Gasteiger partial charge in [-0.05, 0) is 132 Å². The third-order valence-corrected chi connectivity index (χ3v) is 15.8. The van der Waals surface area contributed by atoms with Crippen LogP contribution in [0.15, 0.2) is 48.6 Å². The number of nitrogens with zero attached hydrogens (tertiary/aromatic N) is 5. The molecule has 2 aromatic heterocycles. The summed E-state index contributed by atoms with van der Waals surface area (Å²) in [4.78, 5) is 31.2. The van der Waals surface area contributed by atoms with Crippen LogP contribution in [0, 0.1) is 5.92 Å². The topological polar surface area (TPSA) is 205 Å². The van der Waals surface area contributed by atoms with Crippen LogP contribution in [0.4, 0.5) is 8.78 Å². The highest BCUT2D eigenvalue weighted by molar-refractivity contribution is 7.93. The van der Waals surface area contributed by atoms with Gasteiger partial charge in [-0.15, -0.1) is 20.1 Å². The fraction of sp³-hybridized carbons (Fsp3) is 0.500. The zero-order chi connectivity index (χ0) is 41.9. The Bertz CT molecular complexity index is 2560. The average Bonchev–Trinajstić information content (AvgIpc) is 3.95. The second kappa shape index (κ2) is 16.0. The number of fused-ring (bicyclic) bond motifs is 4. The van der Waals surface area contributed by atoms with Gasteiger partial charge in [-0.1, -0.05) is 32.9 Å². The maximum Gasteiger partial charge on any atom is 0.333 e. The van der Waals surface area contributed by atoms with E-state index in [9.17, 15) is 31.9 Å². The lowest BCUT2D eigenvalue weighted by Gasteiger charge is -2.26. The zero-order valence-electron chi connectivity index (χ0n) is 33.1. The number of nitrogens with two attached hydrogens (primary N) is 2. The number of thiazole rings is 1. The highest BCUT2D eigenvalue weighted by atomic mass is 32.2. The quantitative estimate of drug-likeness (QED) is 0.144. The second-order valence-corrected chi connectivity index (χ2v) is 21.2. The first-order valence-corrected chi connectivity index (χ1v) is 23.3. The van der Waals surface area contributed by atoms with Gasteiger partial charge in [-0.2, -0.15) is 13.9 Å². The first-order valence-electron chi connectivity index (χ1n) is 19.3. The highest BCUT2D eigenvalue weighted by Gasteiger charge is 2.34. The van der Waals surface area contributed by atoms with Gasteiger partial charge in [0.25, 0.3) is 11.8 Å². The molecule has 312 valence electrons. The summed E-state index contributed by atoms with van der Waals surface area (Å²) in [6, 6.07) is 5.25. The summed E-state index contributed by atoms with van der Waals surface area (Å²) in [6.07, 6.45) is 7.21. The molecule has 0 saturated heterocycles. The van der Waals surface area contributed by atoms with Crippen molar-refractivity contribution >= 4 is 43.0 Å². The molecule has 1 aliphatic heterocycles. The van der Waals surface area contributed by atoms with Gasteiger partial charge in [-0.25, -0.2) is 28.4 Å². The fourth-order valence-corrected chi connectivity index (χ4v) is 11.9. The van der Waals surface area contributed by atoms with E-state index >= 15 is 0 Å². The molecule has 4 aromatic rings. The minimum absolute atomic E-state index is 0.0234. The number of rotatable bonds is 12. The van der Waals surface area contributed by atoms with Crippen LogP contribution in [-0.2, 0) is 91.5 Å². The van der Waals surface area contributed by atoms with Crippen LogP contribution in [-0.4, -0.2) is 40.1 Å². The highest BCUT2D eigenvalue weighted by Crippen LogP contribution is 2.44. The summed E-state index contributed by atoms with van der Waals surface area (Å²) >= 11 is 0.968. The van der Waals surface area contributed by atoms with Gasteiger partial charge >= 0.3 is 6.55 Å². The number of hydrogen-bond donors (Lipinski definition) is 3. The summed E-state index contributed by atoms with van der Waals surface area (Å²) in [5.41, 5.74) is 9.37. The molecule has 18 heteroatoms. The lowest BCUT2D eigenvalue weighted by Crippen LogP contribution is -2.19. The molecule has 0 spiro atoms. The molecule has 4 atom stereocenters. The molecule has 3 aliphatic rings. The SMILES string of the molecule is CC(C)c1cc2c(c(C(C)CC3Cc4c(CC(=O)N=S(N)(=O)c5cnc(C(C)(C)O)s5)cc5c(c4C3)CCC5)c1CC(=O)N=S(N)(=O)c1ccn(C(F)F)n1)COC2. The Balaban J connectivity index is 1.17. The Morgan fingerprint density at radius 1 is 1.00 bits per heavy atom. The maximum absolute atomic E-state index is 13.6. The first-order chi connectivity index (χ1) is 27.2. The van der Waals surface area contributed by atoms with E-state index in [-0.39, 0.29) is 34.8 Å². The summed E-state index contributed by atoms with van der Waals surface area (Å²) in [7, 11) is -7.48. The van der Waals surface area contributed by atoms with Crippen LogP contribution < -0.4 is 10.3 Å². The number of carbonyl (C=O) groups excluding carboxylic acids is 2. The molecular weight excluding hydrogens is 809 g/mol. The fourth-order valence-electron chi connectivity index (χ4n) is 8.81. The Labute approximate surface area is 341 Å². The van der Waals surface area contributed by atoms with E-state index in [1.54, 1.807) is 13.8 Å². The van der Waals surface area contributed by atoms with E-state index in [0.29, 0.717) is 22.9 Å². The van der Waals surface area contributed by atoms with Crippen molar-refractivity contribution in [1.82, 2.24) is 14.8 Å². The number of aliphatic hydroxyl groups is 1. The average molecular weight is 858 g/mol. The summed E-state index contributed by atoms with van der Waals surface area (Å²) in [5.74, 6) is -1.14. The molecule has 58 heavy (non-hydrogen) atoms. The largest absolute Gasteiger partial charge is 0.383 e. The number of ether oxygens (including phenoxy) is 1. The predicted molar refractivity (Wildman–Crippen MR) is 216 cm³/mol. The van der Waals surface area contributed by atoms with Gasteiger partial charge in [0.2, 0.25) is 0 Å². The lowest BCUT2D eigenvalue weighted by atomic mass is 9.78. The van der Waals surface area contributed by atoms with E-state index in [1.165, 1.54) is 22.9 Å². The van der Waals surface area contributed by atoms with E-state index in [1.807, 2.05) is 13.8 Å². The van der Waals surface area contributed by atoms with Crippen molar-refractivity contribution in [2.75, 3.05) is 0 Å². The Morgan fingerprint density at radius 2 is 1.71 bits per heavy atom. The number of amides is 2. The van der Waals surface area contributed by atoms with Gasteiger partial charge in [0.15, 0.2) is 24.9 Å². The Morgan fingerprint density at radius 3 is 2.38 bits per heavy atom. The summed E-state index contributed by atoms with van der Waals surface area (Å²) in [5, 5.41) is 25.9. The minimum Gasteiger partial charge on any atom is -0.383 e. The summed E-state index contributed by atoms with van der Waals surface area (Å²) < 4.78 is 67.3. The maximum atomic E-state index is 13.6. The molecule has 0 saturated carbocycles. The molecule has 4 unspecified atom stereocenters. The van der Waals surface area contributed by atoms with Crippen LogP contribution in [0.3, 0.4) is 0 Å². The van der Waals surface area contributed by atoms with Crippen molar-refractivity contribution in [2.45, 2.75) is 132 Å². The third-order valence-electron chi connectivity index (χ3n) is 11.3. The number of aryl methyl sites for hydroxylation is 1. The number of halogens is 2. The van der Waals surface area contributed by atoms with E-state index in [0.717, 1.165) is 101 Å². The molecule has 13 nitrogen and oxygen atoms in total. The van der Waals surface area contributed by atoms with Crippen molar-refractivity contribution in [1.29, 1.82) is 0 Å². The first kappa shape index (κ1) is 42.3. The van der Waals surface area contributed by atoms with Crippen LogP contribution in [0.5, 0.6) is 0 Å². The van der Waals surface area contributed by atoms with Gasteiger partial charge in [0.05, 0.1) is 32.3 Å². The minimum atomic E-state index is -3.90. The molecule has 2 aromatic carbocycles. The number of aromatic nitrogens is 3. The van der Waals surface area contributed by atoms with Gasteiger partial charge in [-0.3, -0.25) is 9.59 Å². The van der Waals surface area contributed by atoms with Crippen molar-refractivity contribution in [2.24, 2.45) is 24.9 Å². The van der Waals surface area contributed by atoms with Gasteiger partial charge in [0, 0.05) is 6.20 Å². The molecule has 0 radical (unpaired) electrons. The Kier molecular flexibility index (Phi) is 11.7. The Hall–Kier alpha value is -3.78. The molecule has 7 rings (SSSR count). The number of alkyl halides is 2. The van der Waals surface area contributed by atoms with E-state index in [4.69, 9.17) is 15.0 Å². The monoisotopic (exact) mass is 857 g/mol. The smallest absolute Gasteiger partial charge is 0.333 e. The van der Waals surface area contributed by atoms with Crippen molar-refractivity contribution in [3.05, 3.63) is 91.2 Å². The molecule has 2 aliphatic carbocycles. The van der Waals surface area contributed by atoms with E-state index in [2.05, 4.69) is 37.9 Å². The van der Waals surface area contributed by atoms with Crippen molar-refractivity contribution in [3.8, 4) is 0 Å². The molecular formula is C40H49F2N7O6S3. The van der Waals surface area contributed by atoms with Gasteiger partial charge in [0.1, 0.15) is 14.8 Å². The zero-order valence-corrected chi connectivity index (χ0v) is 35.6. The predicted octanol–water partition coefficient (Wildman–Crippen LogP) is 6.45. The molecule has 5 N–H and O–H groups in total. The summed E-state index contributed by atoms with van der Waals surface area (Å²) in [6.45, 7) is 7.19. The number of hydrogen-bond acceptors (Lipinski definition) is 9. The molecule has 0 bridgehead atoms. The number of carbonyl (C=O) groups is 2. The van der Waals surface area contributed by atoms with Crippen LogP contribution in [0.25, 0.3) is 0 Å². The molecule has 0 fully saturated rings. The standard InChI is InChI=1S/C40H49F2N7O6S3/c1-21(2)28-15-26-19-55-20-32(26)37(31(28)17-34(51)47-57(43,53)35-9-10-49(46-35)39(41)42)22(3)11-23-12-29-25(14-24-7-6-8-27(24)30(29)13-23)16-33(50)48-58(44,54)36-18-45-38(56-36)40(4,5)52/h9-10,14-15,18,21-23,39,52H,6-8,11-13,16-17,19-20H2,1-5H3,(H2,43,47,51,53)(H2,44,48,50,54). The van der Waals surface area contributed by atoms with Crippen LogP contribution in [0.1, 0.15) is 126 Å². The number of benzene rings is 2. The normalized spacial score (nSPS) is 18.8. The van der Waals surface area contributed by atoms with Gasteiger partial charge < -0.3 is 9.84 Å². The molecule has 3 heterocycles.